The Balaban J connectivity index is 1.51. The molecule has 15 heteroatoms. The van der Waals surface area contributed by atoms with Crippen molar-refractivity contribution in [2.75, 3.05) is 27.2 Å². The largest absolute Gasteiger partial charge is 0.508 e. The average molecular weight is 849 g/mol. The number of amides is 4. The van der Waals surface area contributed by atoms with Crippen molar-refractivity contribution in [3.63, 3.8) is 0 Å². The number of nitrogens with zero attached hydrogens (tertiary/aromatic N) is 3. The number of guanidine groups is 1. The van der Waals surface area contributed by atoms with Crippen LogP contribution in [0.1, 0.15) is 67.8 Å². The van der Waals surface area contributed by atoms with Crippen molar-refractivity contribution in [2.45, 2.75) is 71.2 Å². The highest BCUT2D eigenvalue weighted by atomic mass is 16.6. The second-order valence-electron chi connectivity index (χ2n) is 15.3. The topological polar surface area (TPSA) is 184 Å². The normalized spacial score (nSPS) is 17.3. The summed E-state index contributed by atoms with van der Waals surface area (Å²) in [5.74, 6) is -1.99. The van der Waals surface area contributed by atoms with Gasteiger partial charge in [0.1, 0.15) is 49.1 Å². The Hall–Kier alpha value is -7.03. The molecule has 0 saturated carbocycles. The van der Waals surface area contributed by atoms with Gasteiger partial charge in [0.2, 0.25) is 11.8 Å². The van der Waals surface area contributed by atoms with Crippen molar-refractivity contribution in [1.29, 1.82) is 0 Å². The Kier molecular flexibility index (Phi) is 16.7. The summed E-state index contributed by atoms with van der Waals surface area (Å²) in [6.07, 6.45) is -1.78. The number of phenolic OH excluding ortho intramolecular Hbond substituents is 1. The van der Waals surface area contributed by atoms with Crippen molar-refractivity contribution in [3.05, 3.63) is 131 Å². The molecular weight excluding hydrogens is 795 g/mol. The molecule has 0 aromatic heterocycles. The van der Waals surface area contributed by atoms with E-state index in [0.29, 0.717) is 11.1 Å². The van der Waals surface area contributed by atoms with Crippen LogP contribution in [0.15, 0.2) is 109 Å². The summed E-state index contributed by atoms with van der Waals surface area (Å²) >= 11 is 0. The maximum Gasteiger partial charge on any atom is 0.479 e. The van der Waals surface area contributed by atoms with Crippen LogP contribution in [0.25, 0.3) is 0 Å². The number of phenols is 1. The van der Waals surface area contributed by atoms with E-state index in [-0.39, 0.29) is 81.0 Å². The molecule has 0 saturated heterocycles. The third-order valence-corrected chi connectivity index (χ3v) is 10.1. The molecule has 2 aliphatic rings. The standard InChI is InChI=1S/C47H53N5O10/c1-32(2)28-52(47(59)61-31-34-15-19-37(53)20-16-34)45-49-40(36-13-9-6-10-14-36)25-21-38(54)22-26-42(55)51(41(44(57)48-3)27-33-11-7-5-8-12-33)29-43(56)62-39-23-17-35(18-24-39)30-60-46(58)50(45)4/h5-20,23-24,32,40-41H,21-22,25-31H2,1-4H3,(H2,48,53,57)/p+1. The Morgan fingerprint density at radius 3 is 2.18 bits per heavy atom. The summed E-state index contributed by atoms with van der Waals surface area (Å²) in [5, 5.41) is 15.7. The molecule has 2 bridgehead atoms. The molecule has 3 N–H and O–H groups in total. The number of likely N-dealkylation sites (N-methyl/N-ethyl adjacent to an activating group) is 1. The summed E-state index contributed by atoms with van der Waals surface area (Å²) < 4.78 is 18.4. The van der Waals surface area contributed by atoms with Crippen LogP contribution in [0.3, 0.4) is 0 Å². The lowest BCUT2D eigenvalue weighted by atomic mass is 9.99. The van der Waals surface area contributed by atoms with Crippen LogP contribution >= 0.6 is 0 Å². The first-order valence-electron chi connectivity index (χ1n) is 20.5. The molecule has 2 atom stereocenters. The van der Waals surface area contributed by atoms with Crippen molar-refractivity contribution >= 4 is 41.7 Å². The lowest BCUT2D eigenvalue weighted by Gasteiger charge is -2.30. The zero-order valence-electron chi connectivity index (χ0n) is 35.5. The van der Waals surface area contributed by atoms with Gasteiger partial charge in [-0.1, -0.05) is 98.8 Å². The highest BCUT2D eigenvalue weighted by Gasteiger charge is 2.35. The summed E-state index contributed by atoms with van der Waals surface area (Å²) in [6.45, 7) is 3.06. The zero-order valence-corrected chi connectivity index (χ0v) is 35.5. The van der Waals surface area contributed by atoms with Gasteiger partial charge in [-0.15, -0.1) is 0 Å². The molecule has 4 aromatic carbocycles. The first kappa shape index (κ1) is 46.0. The summed E-state index contributed by atoms with van der Waals surface area (Å²) in [7, 11) is 2.90. The van der Waals surface area contributed by atoms with E-state index in [4.69, 9.17) is 14.2 Å². The van der Waals surface area contributed by atoms with Crippen LogP contribution in [-0.4, -0.2) is 94.4 Å². The molecule has 2 aliphatic heterocycles. The predicted octanol–water partition coefficient (Wildman–Crippen LogP) is 5.89. The summed E-state index contributed by atoms with van der Waals surface area (Å²) in [5.41, 5.74) is 2.69. The third-order valence-electron chi connectivity index (χ3n) is 10.1. The number of benzene rings is 4. The van der Waals surface area contributed by atoms with E-state index in [1.165, 1.54) is 47.8 Å². The van der Waals surface area contributed by atoms with Gasteiger partial charge in [0.05, 0.1) is 13.6 Å². The Morgan fingerprint density at radius 2 is 1.53 bits per heavy atom. The van der Waals surface area contributed by atoms with E-state index in [0.717, 1.165) is 16.0 Å². The molecule has 2 unspecified atom stereocenters. The number of ketones is 1. The van der Waals surface area contributed by atoms with E-state index in [2.05, 4.69) is 10.6 Å². The van der Waals surface area contributed by atoms with Crippen molar-refractivity contribution in [1.82, 2.24) is 20.4 Å². The van der Waals surface area contributed by atoms with Gasteiger partial charge in [0.25, 0.3) is 0 Å². The highest BCUT2D eigenvalue weighted by molar-refractivity contribution is 5.94. The molecule has 0 radical (unpaired) electrons. The Morgan fingerprint density at radius 1 is 0.871 bits per heavy atom. The molecule has 62 heavy (non-hydrogen) atoms. The van der Waals surface area contributed by atoms with Crippen LogP contribution < -0.4 is 15.4 Å². The molecule has 0 fully saturated rings. The first-order chi connectivity index (χ1) is 29.8. The van der Waals surface area contributed by atoms with Gasteiger partial charge in [0, 0.05) is 32.7 Å². The first-order valence-corrected chi connectivity index (χ1v) is 20.5. The van der Waals surface area contributed by atoms with Crippen LogP contribution in [0, 0.1) is 5.92 Å². The number of fused-ring (bicyclic) bond motifs is 18. The van der Waals surface area contributed by atoms with Crippen LogP contribution in [0.5, 0.6) is 11.5 Å². The smallest absolute Gasteiger partial charge is 0.479 e. The predicted molar refractivity (Wildman–Crippen MR) is 229 cm³/mol. The molecule has 2 heterocycles. The summed E-state index contributed by atoms with van der Waals surface area (Å²) in [4.78, 5) is 84.7. The maximum absolute atomic E-state index is 14.0. The third kappa shape index (κ3) is 13.5. The second-order valence-corrected chi connectivity index (χ2v) is 15.3. The Bertz CT molecular complexity index is 2200. The number of nitrogens with one attached hydrogen (secondary N) is 2. The SMILES string of the molecule is CNC(=O)C(Cc1ccccc1)N1CC(=O)Oc2ccc(cc2)COC(=O)N(C)C(=[N+](CC(C)C)C(=O)OCc2ccc(O)cc2)NC(c2ccccc2)CCC(=O)CCC1=O. The second kappa shape index (κ2) is 22.5. The van der Waals surface area contributed by atoms with Gasteiger partial charge < -0.3 is 29.5 Å². The number of Topliss-reactive ketones (excluding diaryl/α,β-unsaturated/α-hetero) is 1. The number of rotatable bonds is 9. The van der Waals surface area contributed by atoms with Crippen LogP contribution in [0.2, 0.25) is 0 Å². The molecule has 4 amide bonds. The molecule has 4 aromatic rings. The minimum Gasteiger partial charge on any atom is -0.508 e. The quantitative estimate of drug-likeness (QED) is 0.104. The minimum absolute atomic E-state index is 0.0182. The number of esters is 1. The van der Waals surface area contributed by atoms with E-state index in [1.54, 1.807) is 24.3 Å². The van der Waals surface area contributed by atoms with Crippen LogP contribution in [0.4, 0.5) is 9.59 Å². The number of hydrogen-bond acceptors (Lipinski definition) is 10. The van der Waals surface area contributed by atoms with E-state index < -0.39 is 48.6 Å². The monoisotopic (exact) mass is 848 g/mol. The van der Waals surface area contributed by atoms with E-state index in [9.17, 15) is 33.9 Å². The van der Waals surface area contributed by atoms with E-state index in [1.807, 2.05) is 74.5 Å². The average Bonchev–Trinajstić information content (AvgIpc) is 3.28. The van der Waals surface area contributed by atoms with Crippen molar-refractivity contribution in [3.8, 4) is 11.5 Å². The van der Waals surface area contributed by atoms with Gasteiger partial charge in [0.15, 0.2) is 0 Å². The summed E-state index contributed by atoms with van der Waals surface area (Å²) in [6, 6.07) is 29.0. The van der Waals surface area contributed by atoms with Gasteiger partial charge >= 0.3 is 24.1 Å². The number of aromatic hydroxyl groups is 1. The minimum atomic E-state index is -1.09. The molecular formula is C47H54N5O10+. The lowest BCUT2D eigenvalue weighted by molar-refractivity contribution is -0.461. The molecule has 15 nitrogen and oxygen atoms in total. The zero-order chi connectivity index (χ0) is 44.6. The molecule has 6 rings (SSSR count). The molecule has 0 spiro atoms. The fraction of sp³-hybridized carbons (Fsp3) is 0.340. The van der Waals surface area contributed by atoms with Gasteiger partial charge in [-0.2, -0.15) is 9.48 Å². The number of hydrogen-bond donors (Lipinski definition) is 3. The van der Waals surface area contributed by atoms with Gasteiger partial charge in [-0.3, -0.25) is 19.7 Å². The lowest BCUT2D eigenvalue weighted by Crippen LogP contribution is -2.52. The number of ether oxygens (including phenoxy) is 3. The molecule has 326 valence electrons. The van der Waals surface area contributed by atoms with Crippen LogP contribution in [-0.2, 0) is 48.3 Å². The van der Waals surface area contributed by atoms with E-state index >= 15 is 0 Å². The number of carbonyl (C=O) groups excluding carboxylic acids is 6. The molecule has 0 aliphatic carbocycles. The van der Waals surface area contributed by atoms with Crippen molar-refractivity contribution in [2.24, 2.45) is 5.92 Å². The maximum atomic E-state index is 14.0. The Labute approximate surface area is 361 Å². The van der Waals surface area contributed by atoms with Crippen molar-refractivity contribution < 1.29 is 52.7 Å². The fourth-order valence-electron chi connectivity index (χ4n) is 6.77. The number of carbonyl (C=O) groups is 6. The highest BCUT2D eigenvalue weighted by Crippen LogP contribution is 2.22. The van der Waals surface area contributed by atoms with Gasteiger partial charge in [-0.05, 0) is 58.9 Å². The fourth-order valence-corrected chi connectivity index (χ4v) is 6.77. The van der Waals surface area contributed by atoms with Gasteiger partial charge in [-0.25, -0.2) is 14.4 Å².